The fourth-order valence-corrected chi connectivity index (χ4v) is 1.48. The smallest absolute Gasteiger partial charge is 0.120 e. The molecule has 0 aliphatic rings. The van der Waals surface area contributed by atoms with Gasteiger partial charge in [-0.1, -0.05) is 35.6 Å². The predicted molar refractivity (Wildman–Crippen MR) is 70.2 cm³/mol. The normalized spacial score (nSPS) is 9.29. The van der Waals surface area contributed by atoms with Crippen LogP contribution in [0.5, 0.6) is 5.75 Å². The molecule has 0 spiro atoms. The molecule has 0 N–H and O–H groups in total. The van der Waals surface area contributed by atoms with E-state index in [0.717, 1.165) is 16.9 Å². The van der Waals surface area contributed by atoms with Crippen molar-refractivity contribution in [3.05, 3.63) is 65.2 Å². The molecule has 0 aliphatic heterocycles. The molecule has 0 aliphatic carbocycles. The second-order valence-corrected chi connectivity index (χ2v) is 3.85. The number of benzene rings is 2. The zero-order valence-electron chi connectivity index (χ0n) is 10.0. The van der Waals surface area contributed by atoms with Crippen LogP contribution in [0.25, 0.3) is 0 Å². The maximum absolute atomic E-state index is 5.15. The third-order valence-electron chi connectivity index (χ3n) is 2.47. The van der Waals surface area contributed by atoms with Gasteiger partial charge in [0.05, 0.1) is 7.11 Å². The molecule has 1 nitrogen and oxygen atoms in total. The third-order valence-corrected chi connectivity index (χ3v) is 2.47. The molecule has 0 amide bonds. The van der Waals surface area contributed by atoms with Crippen LogP contribution in [0.2, 0.25) is 0 Å². The maximum Gasteiger partial charge on any atom is 0.120 e. The highest BCUT2D eigenvalue weighted by Crippen LogP contribution is 2.11. The molecule has 0 fully saturated rings. The molecule has 0 radical (unpaired) electrons. The average Bonchev–Trinajstić information content (AvgIpc) is 2.38. The van der Waals surface area contributed by atoms with E-state index >= 15 is 0 Å². The molecule has 0 atom stereocenters. The molecule has 0 bridgehead atoms. The summed E-state index contributed by atoms with van der Waals surface area (Å²) in [6.07, 6.45) is 0. The molecule has 0 saturated heterocycles. The Kier molecular flexibility index (Phi) is 3.47. The Morgan fingerprint density at radius 2 is 1.59 bits per heavy atom. The van der Waals surface area contributed by atoms with Gasteiger partial charge in [0.25, 0.3) is 0 Å². The summed E-state index contributed by atoms with van der Waals surface area (Å²) in [5.74, 6) is 7.09. The molecule has 2 aromatic rings. The lowest BCUT2D eigenvalue weighted by Crippen LogP contribution is -1.83. The van der Waals surface area contributed by atoms with Crippen LogP contribution in [-0.4, -0.2) is 7.11 Å². The summed E-state index contributed by atoms with van der Waals surface area (Å²) < 4.78 is 5.15. The third kappa shape index (κ3) is 3.12. The van der Waals surface area contributed by atoms with Gasteiger partial charge in [0.2, 0.25) is 0 Å². The van der Waals surface area contributed by atoms with Crippen molar-refractivity contribution >= 4 is 0 Å². The fourth-order valence-electron chi connectivity index (χ4n) is 1.48. The molecule has 1 heteroatoms. The Balaban J connectivity index is 2.23. The number of aryl methyl sites for hydroxylation is 1. The van der Waals surface area contributed by atoms with E-state index in [4.69, 9.17) is 4.74 Å². The second kappa shape index (κ2) is 5.23. The minimum Gasteiger partial charge on any atom is -0.497 e. The molecule has 0 saturated carbocycles. The quantitative estimate of drug-likeness (QED) is 0.672. The van der Waals surface area contributed by atoms with Crippen LogP contribution in [0.4, 0.5) is 0 Å². The van der Waals surface area contributed by atoms with Gasteiger partial charge in [-0.2, -0.15) is 0 Å². The van der Waals surface area contributed by atoms with Gasteiger partial charge in [-0.05, 0) is 37.3 Å². The standard InChI is InChI=1S/C16H14O/c1-13-6-8-14(9-7-13)10-11-15-4-3-5-16(12-15)17-2/h3-9,12H,1-2H3. The Labute approximate surface area is 102 Å². The fraction of sp³-hybridized carbons (Fsp3) is 0.125. The van der Waals surface area contributed by atoms with E-state index in [1.807, 2.05) is 36.4 Å². The minimum atomic E-state index is 0.834. The van der Waals surface area contributed by atoms with Gasteiger partial charge >= 0.3 is 0 Å². The lowest BCUT2D eigenvalue weighted by molar-refractivity contribution is 0.414. The summed E-state index contributed by atoms with van der Waals surface area (Å²) in [5, 5.41) is 0. The number of methoxy groups -OCH3 is 1. The molecular weight excluding hydrogens is 208 g/mol. The SMILES string of the molecule is COc1cccc(C#Cc2ccc(C)cc2)c1. The summed E-state index contributed by atoms with van der Waals surface area (Å²) in [4.78, 5) is 0. The first kappa shape index (κ1) is 11.3. The van der Waals surface area contributed by atoms with Crippen molar-refractivity contribution in [3.63, 3.8) is 0 Å². The number of hydrogen-bond acceptors (Lipinski definition) is 1. The van der Waals surface area contributed by atoms with Gasteiger partial charge in [0.15, 0.2) is 0 Å². The molecule has 0 unspecified atom stereocenters. The molecule has 2 aromatic carbocycles. The zero-order valence-corrected chi connectivity index (χ0v) is 10.0. The largest absolute Gasteiger partial charge is 0.497 e. The first-order valence-corrected chi connectivity index (χ1v) is 5.51. The van der Waals surface area contributed by atoms with Gasteiger partial charge in [-0.15, -0.1) is 0 Å². The summed E-state index contributed by atoms with van der Waals surface area (Å²) in [5.41, 5.74) is 3.24. The van der Waals surface area contributed by atoms with Crippen molar-refractivity contribution < 1.29 is 4.74 Å². The Hall–Kier alpha value is -2.20. The highest BCUT2D eigenvalue weighted by Gasteiger charge is 1.91. The first-order valence-electron chi connectivity index (χ1n) is 5.51. The van der Waals surface area contributed by atoms with Gasteiger partial charge in [-0.25, -0.2) is 0 Å². The highest BCUT2D eigenvalue weighted by molar-refractivity contribution is 5.45. The topological polar surface area (TPSA) is 9.23 Å². The Morgan fingerprint density at radius 1 is 0.882 bits per heavy atom. The Morgan fingerprint density at radius 3 is 2.29 bits per heavy atom. The van der Waals surface area contributed by atoms with E-state index < -0.39 is 0 Å². The summed E-state index contributed by atoms with van der Waals surface area (Å²) in [6, 6.07) is 16.0. The van der Waals surface area contributed by atoms with Crippen molar-refractivity contribution in [2.24, 2.45) is 0 Å². The van der Waals surface area contributed by atoms with Crippen molar-refractivity contribution in [1.29, 1.82) is 0 Å². The van der Waals surface area contributed by atoms with Gasteiger partial charge < -0.3 is 4.74 Å². The molecule has 0 heterocycles. The van der Waals surface area contributed by atoms with Crippen molar-refractivity contribution in [2.45, 2.75) is 6.92 Å². The van der Waals surface area contributed by atoms with Crippen LogP contribution < -0.4 is 4.74 Å². The number of rotatable bonds is 1. The predicted octanol–water partition coefficient (Wildman–Crippen LogP) is 3.40. The van der Waals surface area contributed by atoms with E-state index in [0.29, 0.717) is 0 Å². The molecule has 2 rings (SSSR count). The molecule has 0 aromatic heterocycles. The van der Waals surface area contributed by atoms with Crippen molar-refractivity contribution in [1.82, 2.24) is 0 Å². The summed E-state index contributed by atoms with van der Waals surface area (Å²) >= 11 is 0. The van der Waals surface area contributed by atoms with Crippen LogP contribution in [0.1, 0.15) is 16.7 Å². The minimum absolute atomic E-state index is 0.834. The zero-order chi connectivity index (χ0) is 12.1. The number of ether oxygens (including phenoxy) is 1. The van der Waals surface area contributed by atoms with Crippen LogP contribution in [-0.2, 0) is 0 Å². The lowest BCUT2D eigenvalue weighted by Gasteiger charge is -1.98. The van der Waals surface area contributed by atoms with E-state index in [1.165, 1.54) is 5.56 Å². The van der Waals surface area contributed by atoms with Crippen molar-refractivity contribution in [2.75, 3.05) is 7.11 Å². The van der Waals surface area contributed by atoms with E-state index in [9.17, 15) is 0 Å². The van der Waals surface area contributed by atoms with Crippen LogP contribution in [0.15, 0.2) is 48.5 Å². The average molecular weight is 222 g/mol. The van der Waals surface area contributed by atoms with E-state index in [1.54, 1.807) is 7.11 Å². The first-order chi connectivity index (χ1) is 8.28. The Bertz CT molecular complexity index is 556. The maximum atomic E-state index is 5.15. The van der Waals surface area contributed by atoms with E-state index in [2.05, 4.69) is 30.9 Å². The van der Waals surface area contributed by atoms with Crippen LogP contribution >= 0.6 is 0 Å². The summed E-state index contributed by atoms with van der Waals surface area (Å²) in [7, 11) is 1.66. The highest BCUT2D eigenvalue weighted by atomic mass is 16.5. The van der Waals surface area contributed by atoms with Gasteiger partial charge in [-0.3, -0.25) is 0 Å². The summed E-state index contributed by atoms with van der Waals surface area (Å²) in [6.45, 7) is 2.07. The van der Waals surface area contributed by atoms with Crippen LogP contribution in [0, 0.1) is 18.8 Å². The van der Waals surface area contributed by atoms with Crippen molar-refractivity contribution in [3.8, 4) is 17.6 Å². The lowest BCUT2D eigenvalue weighted by atomic mass is 10.1. The van der Waals surface area contributed by atoms with Gasteiger partial charge in [0.1, 0.15) is 5.75 Å². The van der Waals surface area contributed by atoms with Crippen LogP contribution in [0.3, 0.4) is 0 Å². The van der Waals surface area contributed by atoms with Gasteiger partial charge in [0, 0.05) is 11.1 Å². The molecule has 17 heavy (non-hydrogen) atoms. The second-order valence-electron chi connectivity index (χ2n) is 3.85. The molecule has 84 valence electrons. The molecular formula is C16H14O. The number of hydrogen-bond donors (Lipinski definition) is 0. The monoisotopic (exact) mass is 222 g/mol. The van der Waals surface area contributed by atoms with E-state index in [-0.39, 0.29) is 0 Å².